The Kier molecular flexibility index (Phi) is 3.11. The molecule has 0 saturated carbocycles. The molecule has 0 spiro atoms. The van der Waals surface area contributed by atoms with Gasteiger partial charge in [-0.15, -0.1) is 0 Å². The van der Waals surface area contributed by atoms with E-state index in [4.69, 9.17) is 4.74 Å². The van der Waals surface area contributed by atoms with Crippen molar-refractivity contribution in [1.29, 1.82) is 0 Å². The number of ether oxygens (including phenoxy) is 1. The van der Waals surface area contributed by atoms with Crippen LogP contribution >= 0.6 is 0 Å². The highest BCUT2D eigenvalue weighted by Crippen LogP contribution is 2.22. The van der Waals surface area contributed by atoms with Gasteiger partial charge in [-0.3, -0.25) is 0 Å². The maximum Gasteiger partial charge on any atom is 0.119 e. The summed E-state index contributed by atoms with van der Waals surface area (Å²) in [5, 5.41) is 9.58. The van der Waals surface area contributed by atoms with Crippen LogP contribution in [-0.2, 0) is 0 Å². The zero-order valence-electron chi connectivity index (χ0n) is 9.02. The molecule has 1 aromatic rings. The Bertz CT molecular complexity index is 310. The molecular weight excluding hydrogens is 190 g/mol. The Morgan fingerprint density at radius 2 is 2.07 bits per heavy atom. The zero-order valence-corrected chi connectivity index (χ0v) is 9.02. The molecule has 15 heavy (non-hydrogen) atoms. The van der Waals surface area contributed by atoms with Crippen LogP contribution in [0, 0.1) is 0 Å². The Morgan fingerprint density at radius 3 is 2.67 bits per heavy atom. The predicted octanol–water partition coefficient (Wildman–Crippen LogP) is 1.66. The number of hydrogen-bond acceptors (Lipinski definition) is 3. The second kappa shape index (κ2) is 4.53. The third kappa shape index (κ3) is 2.42. The number of β-amino-alcohol motifs (C(OH)–C–C–N with tert-alkyl or cyclic N) is 1. The van der Waals surface area contributed by atoms with E-state index in [1.54, 1.807) is 7.11 Å². The predicted molar refractivity (Wildman–Crippen MR) is 60.4 cm³/mol. The normalized spacial score (nSPS) is 21.5. The maximum atomic E-state index is 9.58. The first-order valence-corrected chi connectivity index (χ1v) is 5.36. The van der Waals surface area contributed by atoms with Gasteiger partial charge in [0.2, 0.25) is 0 Å². The quantitative estimate of drug-likeness (QED) is 0.800. The van der Waals surface area contributed by atoms with E-state index in [1.165, 1.54) is 0 Å². The third-order valence-electron chi connectivity index (χ3n) is 2.83. The Labute approximate surface area is 90.3 Å². The van der Waals surface area contributed by atoms with Crippen molar-refractivity contribution in [3.63, 3.8) is 0 Å². The fourth-order valence-corrected chi connectivity index (χ4v) is 1.98. The number of piperidine rings is 1. The molecule has 0 radical (unpaired) electrons. The fraction of sp³-hybridized carbons (Fsp3) is 0.500. The molecule has 2 rings (SSSR count). The van der Waals surface area contributed by atoms with Crippen LogP contribution in [0.5, 0.6) is 5.75 Å². The fourth-order valence-electron chi connectivity index (χ4n) is 1.98. The minimum atomic E-state index is -0.180. The summed E-state index contributed by atoms with van der Waals surface area (Å²) < 4.78 is 5.11. The van der Waals surface area contributed by atoms with Crippen LogP contribution in [0.15, 0.2) is 24.3 Å². The van der Waals surface area contributed by atoms with E-state index in [0.29, 0.717) is 0 Å². The Morgan fingerprint density at radius 1 is 1.33 bits per heavy atom. The highest BCUT2D eigenvalue weighted by Gasteiger charge is 2.17. The van der Waals surface area contributed by atoms with Gasteiger partial charge >= 0.3 is 0 Å². The number of rotatable bonds is 2. The average Bonchev–Trinajstić information content (AvgIpc) is 2.29. The molecule has 0 aromatic heterocycles. The lowest BCUT2D eigenvalue weighted by Crippen LogP contribution is -2.38. The van der Waals surface area contributed by atoms with Crippen molar-refractivity contribution >= 4 is 5.69 Å². The summed E-state index contributed by atoms with van der Waals surface area (Å²) in [6.07, 6.45) is 1.81. The number of benzene rings is 1. The molecule has 82 valence electrons. The van der Waals surface area contributed by atoms with Crippen LogP contribution in [0.4, 0.5) is 5.69 Å². The molecule has 1 aliphatic rings. The van der Waals surface area contributed by atoms with E-state index in [9.17, 15) is 5.11 Å². The van der Waals surface area contributed by atoms with Crippen molar-refractivity contribution in [1.82, 2.24) is 0 Å². The Balaban J connectivity index is 2.07. The van der Waals surface area contributed by atoms with Crippen LogP contribution in [0.2, 0.25) is 0 Å². The summed E-state index contributed by atoms with van der Waals surface area (Å²) in [6.45, 7) is 1.77. The maximum absolute atomic E-state index is 9.58. The minimum Gasteiger partial charge on any atom is -0.497 e. The van der Waals surface area contributed by atoms with E-state index in [1.807, 2.05) is 24.3 Å². The van der Waals surface area contributed by atoms with Gasteiger partial charge in [-0.1, -0.05) is 0 Å². The SMILES string of the molecule is COc1ccc(N2CCC[C@@H](O)C2)cc1. The van der Waals surface area contributed by atoms with E-state index >= 15 is 0 Å². The van der Waals surface area contributed by atoms with Gasteiger partial charge in [-0.05, 0) is 37.1 Å². The largest absolute Gasteiger partial charge is 0.497 e. The van der Waals surface area contributed by atoms with Gasteiger partial charge in [0.05, 0.1) is 13.2 Å². The van der Waals surface area contributed by atoms with Crippen LogP contribution in [0.1, 0.15) is 12.8 Å². The summed E-state index contributed by atoms with van der Waals surface area (Å²) in [7, 11) is 1.67. The first kappa shape index (κ1) is 10.3. The van der Waals surface area contributed by atoms with Crippen LogP contribution < -0.4 is 9.64 Å². The van der Waals surface area contributed by atoms with Crippen LogP contribution in [0.25, 0.3) is 0 Å². The summed E-state index contributed by atoms with van der Waals surface area (Å²) in [6, 6.07) is 7.99. The van der Waals surface area contributed by atoms with Crippen molar-refractivity contribution in [3.05, 3.63) is 24.3 Å². The molecule has 0 aliphatic carbocycles. The third-order valence-corrected chi connectivity index (χ3v) is 2.83. The number of nitrogens with zero attached hydrogens (tertiary/aromatic N) is 1. The second-order valence-electron chi connectivity index (χ2n) is 3.94. The molecule has 0 amide bonds. The zero-order chi connectivity index (χ0) is 10.7. The molecule has 0 unspecified atom stereocenters. The molecule has 1 aliphatic heterocycles. The van der Waals surface area contributed by atoms with E-state index in [2.05, 4.69) is 4.90 Å². The van der Waals surface area contributed by atoms with Gasteiger partial charge in [-0.2, -0.15) is 0 Å². The lowest BCUT2D eigenvalue weighted by molar-refractivity contribution is 0.154. The van der Waals surface area contributed by atoms with E-state index < -0.39 is 0 Å². The first-order chi connectivity index (χ1) is 7.29. The van der Waals surface area contributed by atoms with Gasteiger partial charge in [0.15, 0.2) is 0 Å². The van der Waals surface area contributed by atoms with Crippen LogP contribution in [0.3, 0.4) is 0 Å². The molecule has 1 saturated heterocycles. The number of anilines is 1. The van der Waals surface area contributed by atoms with Crippen molar-refractivity contribution in [2.75, 3.05) is 25.1 Å². The smallest absolute Gasteiger partial charge is 0.119 e. The van der Waals surface area contributed by atoms with Gasteiger partial charge in [0.25, 0.3) is 0 Å². The van der Waals surface area contributed by atoms with Crippen LogP contribution in [-0.4, -0.2) is 31.4 Å². The Hall–Kier alpha value is -1.22. The first-order valence-electron chi connectivity index (χ1n) is 5.36. The minimum absolute atomic E-state index is 0.180. The average molecular weight is 207 g/mol. The van der Waals surface area contributed by atoms with Crippen molar-refractivity contribution in [3.8, 4) is 5.75 Å². The molecule has 1 fully saturated rings. The molecule has 1 atom stereocenters. The molecule has 3 heteroatoms. The van der Waals surface area contributed by atoms with E-state index in [0.717, 1.165) is 37.4 Å². The van der Waals surface area contributed by atoms with Crippen molar-refractivity contribution < 1.29 is 9.84 Å². The summed E-state index contributed by atoms with van der Waals surface area (Å²) >= 11 is 0. The standard InChI is InChI=1S/C12H17NO2/c1-15-12-6-4-10(5-7-12)13-8-2-3-11(14)9-13/h4-7,11,14H,2-3,8-9H2,1H3/t11-/m1/s1. The molecule has 1 N–H and O–H groups in total. The van der Waals surface area contributed by atoms with E-state index in [-0.39, 0.29) is 6.10 Å². The lowest BCUT2D eigenvalue weighted by Gasteiger charge is -2.32. The topological polar surface area (TPSA) is 32.7 Å². The summed E-state index contributed by atoms with van der Waals surface area (Å²) in [5.41, 5.74) is 1.16. The van der Waals surface area contributed by atoms with Gasteiger partial charge in [0, 0.05) is 18.8 Å². The number of hydrogen-bond donors (Lipinski definition) is 1. The number of aliphatic hydroxyl groups is 1. The summed E-state index contributed by atoms with van der Waals surface area (Å²) in [5.74, 6) is 0.872. The molecule has 3 nitrogen and oxygen atoms in total. The summed E-state index contributed by atoms with van der Waals surface area (Å²) in [4.78, 5) is 2.22. The highest BCUT2D eigenvalue weighted by atomic mass is 16.5. The van der Waals surface area contributed by atoms with Crippen molar-refractivity contribution in [2.45, 2.75) is 18.9 Å². The monoisotopic (exact) mass is 207 g/mol. The highest BCUT2D eigenvalue weighted by molar-refractivity contribution is 5.49. The second-order valence-corrected chi connectivity index (χ2v) is 3.94. The van der Waals surface area contributed by atoms with Gasteiger partial charge in [0.1, 0.15) is 5.75 Å². The number of methoxy groups -OCH3 is 1. The number of aliphatic hydroxyl groups excluding tert-OH is 1. The molecule has 1 aromatic carbocycles. The lowest BCUT2D eigenvalue weighted by atomic mass is 10.1. The van der Waals surface area contributed by atoms with Gasteiger partial charge < -0.3 is 14.7 Å². The van der Waals surface area contributed by atoms with Gasteiger partial charge in [-0.25, -0.2) is 0 Å². The molecular formula is C12H17NO2. The van der Waals surface area contributed by atoms with Crippen molar-refractivity contribution in [2.24, 2.45) is 0 Å². The molecule has 1 heterocycles. The molecule has 0 bridgehead atoms.